The molecular weight excluding hydrogens is 198 g/mol. The Kier molecular flexibility index (Phi) is 6.57. The van der Waals surface area contributed by atoms with Crippen LogP contribution in [0.15, 0.2) is 0 Å². The van der Waals surface area contributed by atoms with E-state index in [-0.39, 0.29) is 5.60 Å². The van der Waals surface area contributed by atoms with E-state index in [0.717, 1.165) is 13.0 Å². The summed E-state index contributed by atoms with van der Waals surface area (Å²) in [6.45, 7) is 14.5. The predicted molar refractivity (Wildman–Crippen MR) is 71.9 cm³/mol. The molecule has 0 aliphatic carbocycles. The molecule has 0 saturated heterocycles. The van der Waals surface area contributed by atoms with Gasteiger partial charge in [0.2, 0.25) is 0 Å². The number of hydrogen-bond acceptors (Lipinski definition) is 2. The van der Waals surface area contributed by atoms with Gasteiger partial charge in [0, 0.05) is 13.2 Å². The fourth-order valence-electron chi connectivity index (χ4n) is 1.92. The van der Waals surface area contributed by atoms with Crippen LogP contribution in [-0.2, 0) is 4.74 Å². The minimum Gasteiger partial charge on any atom is -0.379 e. The third-order valence-electron chi connectivity index (χ3n) is 3.32. The van der Waals surface area contributed by atoms with Crippen molar-refractivity contribution in [2.24, 2.45) is 5.41 Å². The Hall–Kier alpha value is -0.0800. The number of nitrogens with one attached hydrogen (secondary N) is 1. The van der Waals surface area contributed by atoms with Crippen molar-refractivity contribution >= 4 is 0 Å². The summed E-state index contributed by atoms with van der Waals surface area (Å²) in [4.78, 5) is 0. The highest BCUT2D eigenvalue weighted by Crippen LogP contribution is 2.25. The highest BCUT2D eigenvalue weighted by Gasteiger charge is 2.24. The number of methoxy groups -OCH3 is 1. The summed E-state index contributed by atoms with van der Waals surface area (Å²) in [6.07, 6.45) is 3.57. The van der Waals surface area contributed by atoms with Crippen molar-refractivity contribution in [1.82, 2.24) is 5.32 Å². The monoisotopic (exact) mass is 229 g/mol. The van der Waals surface area contributed by atoms with Gasteiger partial charge in [-0.2, -0.15) is 0 Å². The molecule has 0 fully saturated rings. The maximum atomic E-state index is 5.44. The van der Waals surface area contributed by atoms with Gasteiger partial charge in [-0.1, -0.05) is 27.7 Å². The van der Waals surface area contributed by atoms with Crippen molar-refractivity contribution in [1.29, 1.82) is 0 Å². The number of rotatable bonds is 7. The zero-order chi connectivity index (χ0) is 12.8. The van der Waals surface area contributed by atoms with Crippen LogP contribution in [0.1, 0.15) is 60.8 Å². The Morgan fingerprint density at radius 1 is 1.12 bits per heavy atom. The van der Waals surface area contributed by atoms with E-state index in [0.29, 0.717) is 11.5 Å². The Morgan fingerprint density at radius 3 is 2.06 bits per heavy atom. The van der Waals surface area contributed by atoms with Crippen LogP contribution in [0.2, 0.25) is 0 Å². The summed E-state index contributed by atoms with van der Waals surface area (Å²) >= 11 is 0. The zero-order valence-corrected chi connectivity index (χ0v) is 12.3. The van der Waals surface area contributed by atoms with E-state index in [4.69, 9.17) is 4.74 Å². The first-order valence-corrected chi connectivity index (χ1v) is 6.51. The molecule has 0 aliphatic heterocycles. The zero-order valence-electron chi connectivity index (χ0n) is 12.3. The maximum absolute atomic E-state index is 5.44. The molecule has 0 spiro atoms. The minimum atomic E-state index is 0.0225. The summed E-state index contributed by atoms with van der Waals surface area (Å²) in [5.41, 5.74) is 0.363. The quantitative estimate of drug-likeness (QED) is 0.720. The average molecular weight is 229 g/mol. The van der Waals surface area contributed by atoms with E-state index in [1.165, 1.54) is 12.8 Å². The topological polar surface area (TPSA) is 21.3 Å². The highest BCUT2D eigenvalue weighted by atomic mass is 16.5. The highest BCUT2D eigenvalue weighted by molar-refractivity contribution is 4.81. The largest absolute Gasteiger partial charge is 0.379 e. The third-order valence-corrected chi connectivity index (χ3v) is 3.32. The van der Waals surface area contributed by atoms with Gasteiger partial charge in [-0.05, 0) is 45.1 Å². The SMILES string of the molecule is CCNC(CCCC(C)(C)OC)C(C)(C)C. The molecule has 0 aliphatic rings. The molecule has 0 saturated carbocycles. The van der Waals surface area contributed by atoms with Gasteiger partial charge in [0.1, 0.15) is 0 Å². The van der Waals surface area contributed by atoms with Gasteiger partial charge in [0.15, 0.2) is 0 Å². The molecule has 1 atom stereocenters. The average Bonchev–Trinajstić information content (AvgIpc) is 2.15. The normalized spacial score (nSPS) is 15.2. The van der Waals surface area contributed by atoms with Gasteiger partial charge in [-0.15, -0.1) is 0 Å². The van der Waals surface area contributed by atoms with Crippen LogP contribution in [-0.4, -0.2) is 25.3 Å². The van der Waals surface area contributed by atoms with Gasteiger partial charge in [-0.3, -0.25) is 0 Å². The summed E-state index contributed by atoms with van der Waals surface area (Å²) in [7, 11) is 1.80. The van der Waals surface area contributed by atoms with Crippen molar-refractivity contribution in [3.63, 3.8) is 0 Å². The lowest BCUT2D eigenvalue weighted by molar-refractivity contribution is 0.0121. The molecule has 1 unspecified atom stereocenters. The summed E-state index contributed by atoms with van der Waals surface area (Å²) in [5.74, 6) is 0. The van der Waals surface area contributed by atoms with Gasteiger partial charge in [0.25, 0.3) is 0 Å². The minimum absolute atomic E-state index is 0.0225. The van der Waals surface area contributed by atoms with Gasteiger partial charge >= 0.3 is 0 Å². The first-order chi connectivity index (χ1) is 7.23. The first kappa shape index (κ1) is 15.9. The lowest BCUT2D eigenvalue weighted by Crippen LogP contribution is -2.40. The Bertz CT molecular complexity index is 182. The van der Waals surface area contributed by atoms with Crippen LogP contribution in [0.3, 0.4) is 0 Å². The fraction of sp³-hybridized carbons (Fsp3) is 1.00. The second-order valence-electron chi connectivity index (χ2n) is 6.33. The molecule has 0 radical (unpaired) electrons. The van der Waals surface area contributed by atoms with Crippen molar-refractivity contribution in [2.75, 3.05) is 13.7 Å². The van der Waals surface area contributed by atoms with Gasteiger partial charge in [0.05, 0.1) is 5.60 Å². The van der Waals surface area contributed by atoms with Crippen molar-refractivity contribution in [3.05, 3.63) is 0 Å². The third kappa shape index (κ3) is 6.49. The maximum Gasteiger partial charge on any atom is 0.0622 e. The lowest BCUT2D eigenvalue weighted by atomic mass is 9.83. The molecule has 2 nitrogen and oxygen atoms in total. The Morgan fingerprint density at radius 2 is 1.69 bits per heavy atom. The standard InChI is InChI=1S/C14H31NO/c1-8-15-12(13(2,3)4)10-9-11-14(5,6)16-7/h12,15H,8-11H2,1-7H3. The van der Waals surface area contributed by atoms with Gasteiger partial charge < -0.3 is 10.1 Å². The van der Waals surface area contributed by atoms with Crippen LogP contribution in [0.4, 0.5) is 0 Å². The van der Waals surface area contributed by atoms with Crippen LogP contribution >= 0.6 is 0 Å². The van der Waals surface area contributed by atoms with E-state index in [1.54, 1.807) is 7.11 Å². The fourth-order valence-corrected chi connectivity index (χ4v) is 1.92. The molecule has 0 aromatic carbocycles. The second-order valence-corrected chi connectivity index (χ2v) is 6.33. The summed E-state index contributed by atoms with van der Waals surface area (Å²) in [6, 6.07) is 0.602. The van der Waals surface area contributed by atoms with E-state index < -0.39 is 0 Å². The molecular formula is C14H31NO. The van der Waals surface area contributed by atoms with E-state index in [9.17, 15) is 0 Å². The van der Waals surface area contributed by atoms with Crippen LogP contribution in [0, 0.1) is 5.41 Å². The lowest BCUT2D eigenvalue weighted by Gasteiger charge is -2.32. The summed E-state index contributed by atoms with van der Waals surface area (Å²) < 4.78 is 5.44. The molecule has 0 aromatic rings. The predicted octanol–water partition coefficient (Wildman–Crippen LogP) is 3.61. The van der Waals surface area contributed by atoms with Crippen molar-refractivity contribution < 1.29 is 4.74 Å². The van der Waals surface area contributed by atoms with Crippen LogP contribution < -0.4 is 5.32 Å². The Labute approximate surface area is 102 Å². The smallest absolute Gasteiger partial charge is 0.0622 e. The number of hydrogen-bond donors (Lipinski definition) is 1. The molecule has 16 heavy (non-hydrogen) atoms. The van der Waals surface area contributed by atoms with E-state index >= 15 is 0 Å². The molecule has 0 bridgehead atoms. The van der Waals surface area contributed by atoms with Crippen LogP contribution in [0.5, 0.6) is 0 Å². The molecule has 0 rings (SSSR count). The van der Waals surface area contributed by atoms with Crippen LogP contribution in [0.25, 0.3) is 0 Å². The van der Waals surface area contributed by atoms with Gasteiger partial charge in [-0.25, -0.2) is 0 Å². The number of ether oxygens (including phenoxy) is 1. The molecule has 0 heterocycles. The van der Waals surface area contributed by atoms with Crippen molar-refractivity contribution in [3.8, 4) is 0 Å². The second kappa shape index (κ2) is 6.61. The van der Waals surface area contributed by atoms with E-state index in [2.05, 4.69) is 46.9 Å². The molecule has 0 aromatic heterocycles. The Balaban J connectivity index is 4.04. The first-order valence-electron chi connectivity index (χ1n) is 6.51. The molecule has 2 heteroatoms. The summed E-state index contributed by atoms with van der Waals surface area (Å²) in [5, 5.41) is 3.59. The van der Waals surface area contributed by atoms with Crippen molar-refractivity contribution in [2.45, 2.75) is 72.4 Å². The molecule has 0 amide bonds. The van der Waals surface area contributed by atoms with E-state index in [1.807, 2.05) is 0 Å². The molecule has 1 N–H and O–H groups in total. The molecule has 98 valence electrons.